The lowest BCUT2D eigenvalue weighted by Crippen LogP contribution is -2.46. The van der Waals surface area contributed by atoms with Gasteiger partial charge in [-0.1, -0.05) is 12.1 Å². The van der Waals surface area contributed by atoms with Crippen molar-refractivity contribution >= 4 is 21.3 Å². The first kappa shape index (κ1) is 15.4. The van der Waals surface area contributed by atoms with Crippen LogP contribution in [0.5, 0.6) is 0 Å². The number of aromatic nitrogens is 1. The van der Waals surface area contributed by atoms with Crippen molar-refractivity contribution in [1.82, 2.24) is 14.0 Å². The van der Waals surface area contributed by atoms with Gasteiger partial charge < -0.3 is 9.15 Å². The zero-order chi connectivity index (χ0) is 15.4. The van der Waals surface area contributed by atoms with E-state index in [2.05, 4.69) is 9.71 Å². The summed E-state index contributed by atoms with van der Waals surface area (Å²) in [5, 5.41) is 0. The minimum absolute atomic E-state index is 0.360. The molecule has 0 saturated carbocycles. The van der Waals surface area contributed by atoms with Gasteiger partial charge in [0.15, 0.2) is 11.5 Å². The third-order valence-corrected chi connectivity index (χ3v) is 5.11. The molecule has 0 aliphatic carbocycles. The fourth-order valence-corrected chi connectivity index (χ4v) is 3.56. The van der Waals surface area contributed by atoms with Crippen LogP contribution in [0.15, 0.2) is 28.7 Å². The molecule has 0 unspecified atom stereocenters. The van der Waals surface area contributed by atoms with Crippen molar-refractivity contribution in [3.05, 3.63) is 30.2 Å². The second kappa shape index (κ2) is 6.74. The Hall–Kier alpha value is -1.48. The van der Waals surface area contributed by atoms with Gasteiger partial charge in [-0.15, -0.1) is 0 Å². The number of nitrogens with zero attached hydrogens (tertiary/aromatic N) is 2. The van der Waals surface area contributed by atoms with Crippen LogP contribution in [0.3, 0.4) is 0 Å². The van der Waals surface area contributed by atoms with Gasteiger partial charge in [-0.3, -0.25) is 0 Å². The van der Waals surface area contributed by atoms with Gasteiger partial charge in [-0.25, -0.2) is 9.71 Å². The first-order chi connectivity index (χ1) is 10.6. The average Bonchev–Trinajstić information content (AvgIpc) is 2.95. The number of ether oxygens (including phenoxy) is 1. The van der Waals surface area contributed by atoms with Crippen molar-refractivity contribution in [3.8, 4) is 0 Å². The van der Waals surface area contributed by atoms with E-state index in [1.54, 1.807) is 0 Å². The Bertz CT molecular complexity index is 690. The fourth-order valence-electron chi connectivity index (χ4n) is 2.35. The Morgan fingerprint density at radius 3 is 2.77 bits per heavy atom. The highest BCUT2D eigenvalue weighted by molar-refractivity contribution is 7.87. The molecular formula is C14H19N3O4S. The second-order valence-corrected chi connectivity index (χ2v) is 6.84. The Kier molecular flexibility index (Phi) is 4.72. The van der Waals surface area contributed by atoms with E-state index < -0.39 is 10.2 Å². The van der Waals surface area contributed by atoms with Gasteiger partial charge in [0, 0.05) is 26.1 Å². The van der Waals surface area contributed by atoms with Crippen LogP contribution in [0.2, 0.25) is 0 Å². The van der Waals surface area contributed by atoms with E-state index in [4.69, 9.17) is 9.15 Å². The number of rotatable bonds is 6. The summed E-state index contributed by atoms with van der Waals surface area (Å²) in [6, 6.07) is 7.56. The molecule has 120 valence electrons. The summed E-state index contributed by atoms with van der Waals surface area (Å²) in [4.78, 5) is 4.37. The van der Waals surface area contributed by atoms with Crippen molar-refractivity contribution in [2.75, 3.05) is 32.8 Å². The van der Waals surface area contributed by atoms with Crippen molar-refractivity contribution in [2.45, 2.75) is 12.8 Å². The summed E-state index contributed by atoms with van der Waals surface area (Å²) in [6.45, 7) is 2.06. The maximum atomic E-state index is 12.1. The van der Waals surface area contributed by atoms with E-state index in [1.165, 1.54) is 4.31 Å². The molecule has 7 nitrogen and oxygen atoms in total. The maximum absolute atomic E-state index is 12.1. The van der Waals surface area contributed by atoms with Crippen molar-refractivity contribution < 1.29 is 17.6 Å². The number of hydrogen-bond acceptors (Lipinski definition) is 5. The minimum atomic E-state index is -3.41. The summed E-state index contributed by atoms with van der Waals surface area (Å²) >= 11 is 0. The lowest BCUT2D eigenvalue weighted by Gasteiger charge is -2.26. The number of aryl methyl sites for hydroxylation is 1. The van der Waals surface area contributed by atoms with E-state index in [-0.39, 0.29) is 0 Å². The van der Waals surface area contributed by atoms with E-state index in [1.807, 2.05) is 24.3 Å². The Labute approximate surface area is 129 Å². The number of benzene rings is 1. The van der Waals surface area contributed by atoms with Crippen LogP contribution in [0.1, 0.15) is 12.3 Å². The molecule has 8 heteroatoms. The molecule has 0 bridgehead atoms. The molecular weight excluding hydrogens is 306 g/mol. The molecule has 1 N–H and O–H groups in total. The highest BCUT2D eigenvalue weighted by atomic mass is 32.2. The molecule has 1 fully saturated rings. The van der Waals surface area contributed by atoms with Gasteiger partial charge in [-0.2, -0.15) is 12.7 Å². The van der Waals surface area contributed by atoms with Crippen LogP contribution in [-0.4, -0.2) is 50.6 Å². The van der Waals surface area contributed by atoms with E-state index in [9.17, 15) is 8.42 Å². The highest BCUT2D eigenvalue weighted by Gasteiger charge is 2.23. The van der Waals surface area contributed by atoms with Crippen molar-refractivity contribution in [1.29, 1.82) is 0 Å². The van der Waals surface area contributed by atoms with Crippen LogP contribution in [0, 0.1) is 0 Å². The number of fused-ring (bicyclic) bond motifs is 1. The van der Waals surface area contributed by atoms with Crippen LogP contribution in [0.4, 0.5) is 0 Å². The Balaban J connectivity index is 1.48. The molecule has 1 aromatic heterocycles. The van der Waals surface area contributed by atoms with Gasteiger partial charge in [0.25, 0.3) is 10.2 Å². The molecule has 0 amide bonds. The summed E-state index contributed by atoms with van der Waals surface area (Å²) in [5.74, 6) is 0.631. The lowest BCUT2D eigenvalue weighted by molar-refractivity contribution is 0.0725. The minimum Gasteiger partial charge on any atom is -0.441 e. The molecule has 1 aromatic carbocycles. The van der Waals surface area contributed by atoms with Gasteiger partial charge in [-0.05, 0) is 18.6 Å². The van der Waals surface area contributed by atoms with Crippen LogP contribution >= 0.6 is 0 Å². The zero-order valence-corrected chi connectivity index (χ0v) is 13.0. The SMILES string of the molecule is O=S(=O)(NCCCc1nc2ccccc2o1)N1CCOCC1. The fraction of sp³-hybridized carbons (Fsp3) is 0.500. The quantitative estimate of drug-likeness (QED) is 0.799. The van der Waals surface area contributed by atoms with E-state index >= 15 is 0 Å². The average molecular weight is 325 g/mol. The smallest absolute Gasteiger partial charge is 0.279 e. The van der Waals surface area contributed by atoms with Gasteiger partial charge >= 0.3 is 0 Å². The molecule has 3 rings (SSSR count). The van der Waals surface area contributed by atoms with Gasteiger partial charge in [0.2, 0.25) is 0 Å². The maximum Gasteiger partial charge on any atom is 0.279 e. The summed E-state index contributed by atoms with van der Waals surface area (Å²) < 4.78 is 38.9. The predicted octanol–water partition coefficient (Wildman–Crippen LogP) is 0.927. The summed E-state index contributed by atoms with van der Waals surface area (Å²) in [7, 11) is -3.41. The number of hydrogen-bond donors (Lipinski definition) is 1. The highest BCUT2D eigenvalue weighted by Crippen LogP contribution is 2.15. The summed E-state index contributed by atoms with van der Waals surface area (Å²) in [5.41, 5.74) is 1.58. The third kappa shape index (κ3) is 3.64. The van der Waals surface area contributed by atoms with Crippen molar-refractivity contribution in [2.24, 2.45) is 0 Å². The number of para-hydroxylation sites is 2. The molecule has 0 radical (unpaired) electrons. The normalized spacial score (nSPS) is 17.1. The van der Waals surface area contributed by atoms with Gasteiger partial charge in [0.05, 0.1) is 13.2 Å². The molecule has 2 aromatic rings. The third-order valence-electron chi connectivity index (χ3n) is 3.50. The van der Waals surface area contributed by atoms with Crippen LogP contribution < -0.4 is 4.72 Å². The molecule has 2 heterocycles. The van der Waals surface area contributed by atoms with E-state index in [0.717, 1.165) is 11.1 Å². The molecule has 1 aliphatic heterocycles. The first-order valence-corrected chi connectivity index (χ1v) is 8.76. The number of oxazole rings is 1. The molecule has 0 atom stereocenters. The lowest BCUT2D eigenvalue weighted by atomic mass is 10.3. The summed E-state index contributed by atoms with van der Waals surface area (Å²) in [6.07, 6.45) is 1.23. The first-order valence-electron chi connectivity index (χ1n) is 7.32. The molecule has 0 spiro atoms. The predicted molar refractivity (Wildman–Crippen MR) is 81.6 cm³/mol. The molecule has 22 heavy (non-hydrogen) atoms. The number of nitrogens with one attached hydrogen (secondary N) is 1. The topological polar surface area (TPSA) is 84.7 Å². The van der Waals surface area contributed by atoms with Crippen LogP contribution in [0.25, 0.3) is 11.1 Å². The monoisotopic (exact) mass is 325 g/mol. The Morgan fingerprint density at radius 2 is 2.00 bits per heavy atom. The zero-order valence-electron chi connectivity index (χ0n) is 12.2. The van der Waals surface area contributed by atoms with Crippen molar-refractivity contribution in [3.63, 3.8) is 0 Å². The largest absolute Gasteiger partial charge is 0.441 e. The van der Waals surface area contributed by atoms with Gasteiger partial charge in [0.1, 0.15) is 5.52 Å². The standard InChI is InChI=1S/C14H19N3O4S/c18-22(19,17-8-10-20-11-9-17)15-7-3-6-14-16-12-4-1-2-5-13(12)21-14/h1-2,4-5,15H,3,6-11H2. The Morgan fingerprint density at radius 1 is 1.23 bits per heavy atom. The second-order valence-electron chi connectivity index (χ2n) is 5.09. The van der Waals surface area contributed by atoms with E-state index in [0.29, 0.717) is 51.6 Å². The number of morpholine rings is 1. The van der Waals surface area contributed by atoms with Crippen LogP contribution in [-0.2, 0) is 21.4 Å². The molecule has 1 aliphatic rings. The molecule has 1 saturated heterocycles.